The number of carbonyl (C=O) groups is 2. The van der Waals surface area contributed by atoms with E-state index in [1.54, 1.807) is 12.2 Å². The van der Waals surface area contributed by atoms with Gasteiger partial charge in [0.25, 0.3) is 0 Å². The van der Waals surface area contributed by atoms with Gasteiger partial charge in [-0.2, -0.15) is 13.2 Å². The Hall–Kier alpha value is -1.31. The predicted molar refractivity (Wildman–Crippen MR) is 53.4 cm³/mol. The number of likely N-dealkylation sites (N-methyl/N-ethyl adjacent to an activating group) is 1. The van der Waals surface area contributed by atoms with Gasteiger partial charge in [-0.15, -0.1) is 0 Å². The summed E-state index contributed by atoms with van der Waals surface area (Å²) in [5.74, 6) is -1.78. The highest BCUT2D eigenvalue weighted by Gasteiger charge is 2.27. The van der Waals surface area contributed by atoms with Gasteiger partial charge in [0.15, 0.2) is 0 Å². The molecule has 2 N–H and O–H groups in total. The molecule has 8 heteroatoms. The largest absolute Gasteiger partial charge is 0.481 e. The molecular formula is C9H15F3N2O3. The topological polar surface area (TPSA) is 69.6 Å². The van der Waals surface area contributed by atoms with E-state index in [1.807, 2.05) is 0 Å². The lowest BCUT2D eigenvalue weighted by atomic mass is 10.3. The van der Waals surface area contributed by atoms with Crippen LogP contribution < -0.4 is 5.32 Å². The molecule has 0 aliphatic heterocycles. The Morgan fingerprint density at radius 3 is 2.35 bits per heavy atom. The Balaban J connectivity index is 3.94. The summed E-state index contributed by atoms with van der Waals surface area (Å²) in [4.78, 5) is 22.8. The minimum Gasteiger partial charge on any atom is -0.481 e. The molecule has 0 heterocycles. The molecule has 0 rings (SSSR count). The van der Waals surface area contributed by atoms with Gasteiger partial charge >= 0.3 is 12.1 Å². The normalized spacial score (nSPS) is 11.6. The number of rotatable bonds is 7. The van der Waals surface area contributed by atoms with Crippen LogP contribution in [0.5, 0.6) is 0 Å². The Kier molecular flexibility index (Phi) is 6.55. The first-order valence-electron chi connectivity index (χ1n) is 5.02. The summed E-state index contributed by atoms with van der Waals surface area (Å²) < 4.78 is 35.3. The van der Waals surface area contributed by atoms with Gasteiger partial charge in [0.1, 0.15) is 6.54 Å². The Morgan fingerprint density at radius 1 is 1.35 bits per heavy atom. The number of carboxylic acids is 1. The van der Waals surface area contributed by atoms with Crippen molar-refractivity contribution < 1.29 is 27.9 Å². The van der Waals surface area contributed by atoms with E-state index in [-0.39, 0.29) is 19.5 Å². The molecule has 0 aromatic rings. The first-order valence-corrected chi connectivity index (χ1v) is 5.02. The van der Waals surface area contributed by atoms with Crippen LogP contribution in [0.3, 0.4) is 0 Å². The number of halogens is 3. The quantitative estimate of drug-likeness (QED) is 0.694. The summed E-state index contributed by atoms with van der Waals surface area (Å²) in [5.41, 5.74) is 0. The van der Waals surface area contributed by atoms with Crippen LogP contribution in [-0.2, 0) is 9.59 Å². The zero-order valence-electron chi connectivity index (χ0n) is 9.38. The van der Waals surface area contributed by atoms with Crippen molar-refractivity contribution in [2.75, 3.05) is 26.2 Å². The summed E-state index contributed by atoms with van der Waals surface area (Å²) >= 11 is 0. The molecule has 0 aliphatic rings. The average molecular weight is 256 g/mol. The number of nitrogens with zero attached hydrogens (tertiary/aromatic N) is 1. The van der Waals surface area contributed by atoms with Crippen molar-refractivity contribution in [3.63, 3.8) is 0 Å². The summed E-state index contributed by atoms with van der Waals surface area (Å²) in [6, 6.07) is 0. The maximum absolute atomic E-state index is 11.8. The number of carboxylic acid groups (broad SMARTS) is 1. The lowest BCUT2D eigenvalue weighted by molar-refractivity contribution is -0.139. The molecule has 0 fully saturated rings. The maximum Gasteiger partial charge on any atom is 0.405 e. The number of amides is 1. The fraction of sp³-hybridized carbons (Fsp3) is 0.778. The molecule has 0 aliphatic carbocycles. The SMILES string of the molecule is CCN(CCC(=O)O)CC(=O)NCC(F)(F)F. The van der Waals surface area contributed by atoms with Gasteiger partial charge in [0.2, 0.25) is 5.91 Å². The molecule has 0 spiro atoms. The Labute approximate surface area is 96.6 Å². The summed E-state index contributed by atoms with van der Waals surface area (Å²) in [5, 5.41) is 10.1. The van der Waals surface area contributed by atoms with Crippen LogP contribution in [0.4, 0.5) is 13.2 Å². The van der Waals surface area contributed by atoms with Crippen LogP contribution in [0.2, 0.25) is 0 Å². The second-order valence-electron chi connectivity index (χ2n) is 3.40. The standard InChI is InChI=1S/C9H15F3N2O3/c1-2-14(4-3-8(16)17)5-7(15)13-6-9(10,11)12/h2-6H2,1H3,(H,13,15)(H,16,17). The summed E-state index contributed by atoms with van der Waals surface area (Å²) in [6.07, 6.45) is -4.59. The van der Waals surface area contributed by atoms with Crippen molar-refractivity contribution in [2.24, 2.45) is 0 Å². The first-order chi connectivity index (χ1) is 7.74. The number of hydrogen-bond acceptors (Lipinski definition) is 3. The average Bonchev–Trinajstić information content (AvgIpc) is 2.20. The van der Waals surface area contributed by atoms with E-state index in [2.05, 4.69) is 0 Å². The molecule has 5 nitrogen and oxygen atoms in total. The van der Waals surface area contributed by atoms with Crippen LogP contribution in [0.1, 0.15) is 13.3 Å². The van der Waals surface area contributed by atoms with E-state index in [0.717, 1.165) is 0 Å². The molecule has 0 saturated carbocycles. The zero-order chi connectivity index (χ0) is 13.5. The van der Waals surface area contributed by atoms with Gasteiger partial charge in [-0.05, 0) is 6.54 Å². The van der Waals surface area contributed by atoms with Crippen molar-refractivity contribution in [1.82, 2.24) is 10.2 Å². The predicted octanol–water partition coefficient (Wildman–Crippen LogP) is 0.461. The van der Waals surface area contributed by atoms with Gasteiger partial charge in [-0.1, -0.05) is 6.92 Å². The van der Waals surface area contributed by atoms with E-state index in [1.165, 1.54) is 4.90 Å². The van der Waals surface area contributed by atoms with Crippen molar-refractivity contribution in [3.05, 3.63) is 0 Å². The molecule has 0 bridgehead atoms. The number of nitrogens with one attached hydrogen (secondary N) is 1. The number of alkyl halides is 3. The molecular weight excluding hydrogens is 241 g/mol. The van der Waals surface area contributed by atoms with Gasteiger partial charge in [-0.25, -0.2) is 0 Å². The van der Waals surface area contributed by atoms with Gasteiger partial charge in [0, 0.05) is 6.54 Å². The van der Waals surface area contributed by atoms with Crippen molar-refractivity contribution in [1.29, 1.82) is 0 Å². The minimum absolute atomic E-state index is 0.130. The number of aliphatic carboxylic acids is 1. The Morgan fingerprint density at radius 2 is 1.94 bits per heavy atom. The first kappa shape index (κ1) is 15.7. The van der Waals surface area contributed by atoms with Gasteiger partial charge in [0.05, 0.1) is 13.0 Å². The fourth-order valence-electron chi connectivity index (χ4n) is 1.06. The van der Waals surface area contributed by atoms with Crippen LogP contribution in [0, 0.1) is 0 Å². The van der Waals surface area contributed by atoms with E-state index < -0.39 is 24.6 Å². The third kappa shape index (κ3) is 9.61. The van der Waals surface area contributed by atoms with E-state index >= 15 is 0 Å². The van der Waals surface area contributed by atoms with Gasteiger partial charge < -0.3 is 10.4 Å². The molecule has 100 valence electrons. The number of hydrogen-bond donors (Lipinski definition) is 2. The highest BCUT2D eigenvalue weighted by Crippen LogP contribution is 2.11. The molecule has 0 aromatic carbocycles. The minimum atomic E-state index is -4.44. The van der Waals surface area contributed by atoms with E-state index in [9.17, 15) is 22.8 Å². The highest BCUT2D eigenvalue weighted by molar-refractivity contribution is 5.78. The number of carbonyl (C=O) groups excluding carboxylic acids is 1. The lowest BCUT2D eigenvalue weighted by Crippen LogP contribution is -2.41. The third-order valence-electron chi connectivity index (χ3n) is 1.94. The van der Waals surface area contributed by atoms with Crippen molar-refractivity contribution >= 4 is 11.9 Å². The molecule has 1 amide bonds. The van der Waals surface area contributed by atoms with Crippen molar-refractivity contribution in [2.45, 2.75) is 19.5 Å². The van der Waals surface area contributed by atoms with Crippen molar-refractivity contribution in [3.8, 4) is 0 Å². The van der Waals surface area contributed by atoms with E-state index in [0.29, 0.717) is 6.54 Å². The van der Waals surface area contributed by atoms with Crippen LogP contribution in [0.25, 0.3) is 0 Å². The molecule has 0 unspecified atom stereocenters. The molecule has 0 saturated heterocycles. The molecule has 0 atom stereocenters. The second kappa shape index (κ2) is 7.10. The smallest absolute Gasteiger partial charge is 0.405 e. The maximum atomic E-state index is 11.8. The monoisotopic (exact) mass is 256 g/mol. The zero-order valence-corrected chi connectivity index (χ0v) is 9.38. The molecule has 0 aromatic heterocycles. The molecule has 17 heavy (non-hydrogen) atoms. The Bertz CT molecular complexity index is 269. The van der Waals surface area contributed by atoms with Crippen LogP contribution >= 0.6 is 0 Å². The summed E-state index contributed by atoms with van der Waals surface area (Å²) in [7, 11) is 0. The summed E-state index contributed by atoms with van der Waals surface area (Å²) in [6.45, 7) is 0.610. The highest BCUT2D eigenvalue weighted by atomic mass is 19.4. The third-order valence-corrected chi connectivity index (χ3v) is 1.94. The van der Waals surface area contributed by atoms with Crippen LogP contribution in [-0.4, -0.2) is 54.2 Å². The second-order valence-corrected chi connectivity index (χ2v) is 3.40. The van der Waals surface area contributed by atoms with Crippen LogP contribution in [0.15, 0.2) is 0 Å². The fourth-order valence-corrected chi connectivity index (χ4v) is 1.06. The lowest BCUT2D eigenvalue weighted by Gasteiger charge is -2.19. The van der Waals surface area contributed by atoms with E-state index in [4.69, 9.17) is 5.11 Å². The van der Waals surface area contributed by atoms with Gasteiger partial charge in [-0.3, -0.25) is 14.5 Å². The molecule has 0 radical (unpaired) electrons.